The standard InChI is InChI=1S/C5H6ClN3O/c1-7-3-4(6)8-2-9-5(3)10/h2,7H,1H3,(H,8,9,10). The normalized spacial score (nSPS) is 9.40. The van der Waals surface area contributed by atoms with Gasteiger partial charge in [0.15, 0.2) is 5.15 Å². The van der Waals surface area contributed by atoms with Gasteiger partial charge in [-0.1, -0.05) is 11.6 Å². The molecule has 54 valence electrons. The maximum atomic E-state index is 10.8. The highest BCUT2D eigenvalue weighted by Gasteiger charge is 2.01. The molecule has 0 atom stereocenters. The van der Waals surface area contributed by atoms with Crippen molar-refractivity contribution in [2.45, 2.75) is 0 Å². The largest absolute Gasteiger partial charge is 0.381 e. The van der Waals surface area contributed by atoms with Gasteiger partial charge in [0.1, 0.15) is 5.69 Å². The van der Waals surface area contributed by atoms with E-state index in [4.69, 9.17) is 11.6 Å². The van der Waals surface area contributed by atoms with E-state index in [-0.39, 0.29) is 10.7 Å². The first kappa shape index (κ1) is 7.08. The highest BCUT2D eigenvalue weighted by Crippen LogP contribution is 2.09. The number of aromatic nitrogens is 2. The summed E-state index contributed by atoms with van der Waals surface area (Å²) >= 11 is 5.54. The summed E-state index contributed by atoms with van der Waals surface area (Å²) in [7, 11) is 1.61. The van der Waals surface area contributed by atoms with Crippen LogP contribution in [0.4, 0.5) is 5.69 Å². The second-order valence-corrected chi connectivity index (χ2v) is 2.01. The molecule has 0 bridgehead atoms. The van der Waals surface area contributed by atoms with E-state index in [1.165, 1.54) is 6.33 Å². The maximum absolute atomic E-state index is 10.8. The van der Waals surface area contributed by atoms with Gasteiger partial charge in [0.05, 0.1) is 6.33 Å². The number of nitrogens with zero attached hydrogens (tertiary/aromatic N) is 1. The molecule has 0 fully saturated rings. The molecule has 0 saturated heterocycles. The Morgan fingerprint density at radius 3 is 2.90 bits per heavy atom. The van der Waals surface area contributed by atoms with E-state index in [0.717, 1.165) is 0 Å². The van der Waals surface area contributed by atoms with Crippen molar-refractivity contribution in [2.75, 3.05) is 12.4 Å². The van der Waals surface area contributed by atoms with Crippen LogP contribution in [0.25, 0.3) is 0 Å². The summed E-state index contributed by atoms with van der Waals surface area (Å²) in [5.74, 6) is 0. The summed E-state index contributed by atoms with van der Waals surface area (Å²) in [6, 6.07) is 0. The summed E-state index contributed by atoms with van der Waals surface area (Å²) < 4.78 is 0. The first-order valence-corrected chi connectivity index (χ1v) is 3.04. The first-order valence-electron chi connectivity index (χ1n) is 2.66. The Hall–Kier alpha value is -1.03. The van der Waals surface area contributed by atoms with Crippen LogP contribution in [0.1, 0.15) is 0 Å². The van der Waals surface area contributed by atoms with Crippen LogP contribution in [0.2, 0.25) is 5.15 Å². The summed E-state index contributed by atoms with van der Waals surface area (Å²) in [5, 5.41) is 2.81. The molecule has 0 aliphatic carbocycles. The van der Waals surface area contributed by atoms with Crippen LogP contribution in [0, 0.1) is 0 Å². The average molecular weight is 160 g/mol. The average Bonchev–Trinajstić information content (AvgIpc) is 1.88. The zero-order valence-electron chi connectivity index (χ0n) is 5.31. The van der Waals surface area contributed by atoms with Crippen LogP contribution in [0.15, 0.2) is 11.1 Å². The zero-order chi connectivity index (χ0) is 7.56. The van der Waals surface area contributed by atoms with Crippen molar-refractivity contribution >= 4 is 17.3 Å². The molecular weight excluding hydrogens is 154 g/mol. The predicted octanol–water partition coefficient (Wildman–Crippen LogP) is 0.465. The van der Waals surface area contributed by atoms with Gasteiger partial charge in [-0.15, -0.1) is 0 Å². The second-order valence-electron chi connectivity index (χ2n) is 1.65. The third kappa shape index (κ3) is 1.11. The van der Waals surface area contributed by atoms with Gasteiger partial charge in [-0.3, -0.25) is 4.79 Å². The van der Waals surface area contributed by atoms with Crippen LogP contribution in [-0.2, 0) is 0 Å². The number of hydrogen-bond donors (Lipinski definition) is 2. The highest BCUT2D eigenvalue weighted by molar-refractivity contribution is 6.31. The number of rotatable bonds is 1. The molecule has 0 aliphatic rings. The molecule has 1 heterocycles. The van der Waals surface area contributed by atoms with Crippen LogP contribution in [-0.4, -0.2) is 17.0 Å². The summed E-state index contributed by atoms with van der Waals surface area (Å²) in [6.07, 6.45) is 1.26. The molecule has 1 rings (SSSR count). The van der Waals surface area contributed by atoms with E-state index in [9.17, 15) is 4.79 Å². The second kappa shape index (κ2) is 2.70. The molecule has 0 aromatic carbocycles. The topological polar surface area (TPSA) is 57.8 Å². The van der Waals surface area contributed by atoms with Gasteiger partial charge < -0.3 is 10.3 Å². The molecule has 0 aliphatic heterocycles. The lowest BCUT2D eigenvalue weighted by atomic mass is 10.5. The minimum absolute atomic E-state index is 0.186. The van der Waals surface area contributed by atoms with Crippen molar-refractivity contribution < 1.29 is 0 Å². The third-order valence-electron chi connectivity index (χ3n) is 1.06. The fourth-order valence-electron chi connectivity index (χ4n) is 0.595. The quantitative estimate of drug-likeness (QED) is 0.586. The molecule has 0 radical (unpaired) electrons. The van der Waals surface area contributed by atoms with Gasteiger partial charge in [0.2, 0.25) is 0 Å². The molecule has 2 N–H and O–H groups in total. The van der Waals surface area contributed by atoms with Gasteiger partial charge in [0, 0.05) is 7.05 Å². The van der Waals surface area contributed by atoms with Gasteiger partial charge in [-0.05, 0) is 0 Å². The SMILES string of the molecule is CNc1c(Cl)nc[nH]c1=O. The van der Waals surface area contributed by atoms with Crippen LogP contribution in [0.5, 0.6) is 0 Å². The Kier molecular flexibility index (Phi) is 1.91. The molecule has 10 heavy (non-hydrogen) atoms. The predicted molar refractivity (Wildman–Crippen MR) is 39.4 cm³/mol. The fraction of sp³-hybridized carbons (Fsp3) is 0.200. The van der Waals surface area contributed by atoms with Crippen molar-refractivity contribution in [3.63, 3.8) is 0 Å². The summed E-state index contributed by atoms with van der Waals surface area (Å²) in [5.41, 5.74) is 0.0340. The van der Waals surface area contributed by atoms with Crippen molar-refractivity contribution in [1.29, 1.82) is 0 Å². The van der Waals surface area contributed by atoms with E-state index in [1.54, 1.807) is 7.05 Å². The van der Waals surface area contributed by atoms with E-state index in [2.05, 4.69) is 15.3 Å². The van der Waals surface area contributed by atoms with E-state index in [1.807, 2.05) is 0 Å². The van der Waals surface area contributed by atoms with Gasteiger partial charge in [-0.2, -0.15) is 0 Å². The number of anilines is 1. The van der Waals surface area contributed by atoms with Gasteiger partial charge in [-0.25, -0.2) is 4.98 Å². The Morgan fingerprint density at radius 1 is 1.80 bits per heavy atom. The first-order chi connectivity index (χ1) is 4.75. The van der Waals surface area contributed by atoms with Crippen LogP contribution < -0.4 is 10.9 Å². The lowest BCUT2D eigenvalue weighted by Crippen LogP contribution is -2.12. The molecule has 5 heteroatoms. The number of hydrogen-bond acceptors (Lipinski definition) is 3. The van der Waals surface area contributed by atoms with Gasteiger partial charge in [0.25, 0.3) is 5.56 Å². The van der Waals surface area contributed by atoms with E-state index >= 15 is 0 Å². The number of halogens is 1. The van der Waals surface area contributed by atoms with Crippen molar-refractivity contribution in [2.24, 2.45) is 0 Å². The summed E-state index contributed by atoms with van der Waals surface area (Å²) in [4.78, 5) is 16.9. The molecule has 0 amide bonds. The zero-order valence-corrected chi connectivity index (χ0v) is 6.07. The minimum atomic E-state index is -0.262. The molecule has 1 aromatic rings. The minimum Gasteiger partial charge on any atom is -0.381 e. The van der Waals surface area contributed by atoms with Crippen LogP contribution in [0.3, 0.4) is 0 Å². The van der Waals surface area contributed by atoms with Gasteiger partial charge >= 0.3 is 0 Å². The number of aromatic amines is 1. The van der Waals surface area contributed by atoms with E-state index < -0.39 is 0 Å². The molecule has 0 saturated carbocycles. The lowest BCUT2D eigenvalue weighted by Gasteiger charge is -1.97. The molecule has 0 unspecified atom stereocenters. The number of nitrogens with one attached hydrogen (secondary N) is 2. The lowest BCUT2D eigenvalue weighted by molar-refractivity contribution is 1.11. The molecule has 4 nitrogen and oxygen atoms in total. The fourth-order valence-corrected chi connectivity index (χ4v) is 0.824. The Morgan fingerprint density at radius 2 is 2.50 bits per heavy atom. The molecule has 1 aromatic heterocycles. The van der Waals surface area contributed by atoms with Crippen molar-refractivity contribution in [1.82, 2.24) is 9.97 Å². The number of H-pyrrole nitrogens is 1. The smallest absolute Gasteiger partial charge is 0.275 e. The van der Waals surface area contributed by atoms with Crippen molar-refractivity contribution in [3.05, 3.63) is 21.8 Å². The maximum Gasteiger partial charge on any atom is 0.275 e. The monoisotopic (exact) mass is 159 g/mol. The molecule has 0 spiro atoms. The Labute approximate surface area is 62.3 Å². The summed E-state index contributed by atoms with van der Waals surface area (Å²) in [6.45, 7) is 0. The highest BCUT2D eigenvalue weighted by atomic mass is 35.5. The Bertz CT molecular complexity index is 282. The Balaban J connectivity index is 3.31. The van der Waals surface area contributed by atoms with Crippen molar-refractivity contribution in [3.8, 4) is 0 Å². The third-order valence-corrected chi connectivity index (χ3v) is 1.34. The molecular formula is C5H6ClN3O. The van der Waals surface area contributed by atoms with Crippen LogP contribution >= 0.6 is 11.6 Å². The van der Waals surface area contributed by atoms with E-state index in [0.29, 0.717) is 5.69 Å².